The molecule has 2 heterocycles. The number of likely N-dealkylation sites (tertiary alicyclic amines) is 1. The second-order valence-electron chi connectivity index (χ2n) is 8.00. The third-order valence-electron chi connectivity index (χ3n) is 5.92. The summed E-state index contributed by atoms with van der Waals surface area (Å²) in [5, 5.41) is 0. The number of terminal acetylenes is 1. The lowest BCUT2D eigenvalue weighted by Gasteiger charge is -2.30. The molecule has 1 atom stereocenters. The van der Waals surface area contributed by atoms with Crippen LogP contribution in [0.5, 0.6) is 5.75 Å². The molecule has 7 nitrogen and oxygen atoms in total. The van der Waals surface area contributed by atoms with Gasteiger partial charge in [0.15, 0.2) is 0 Å². The van der Waals surface area contributed by atoms with Crippen LogP contribution in [-0.2, 0) is 26.3 Å². The van der Waals surface area contributed by atoms with E-state index >= 15 is 0 Å². The van der Waals surface area contributed by atoms with Crippen molar-refractivity contribution in [2.45, 2.75) is 43.7 Å². The maximum Gasteiger partial charge on any atom is 0.241 e. The number of nitrogens with zero attached hydrogens (tertiary/aromatic N) is 2. The molecule has 0 bridgehead atoms. The van der Waals surface area contributed by atoms with E-state index in [1.54, 1.807) is 43.5 Å². The molecule has 7 heteroatoms. The van der Waals surface area contributed by atoms with Crippen LogP contribution in [0, 0.1) is 12.3 Å². The lowest BCUT2D eigenvalue weighted by atomic mass is 9.75. The van der Waals surface area contributed by atoms with Gasteiger partial charge in [0.1, 0.15) is 11.5 Å². The first kappa shape index (κ1) is 20.7. The Morgan fingerprint density at radius 3 is 2.61 bits per heavy atom. The molecule has 0 spiro atoms. The number of imide groups is 1. The second kappa shape index (κ2) is 8.31. The zero-order valence-corrected chi connectivity index (χ0v) is 17.4. The van der Waals surface area contributed by atoms with E-state index in [1.807, 2.05) is 0 Å². The van der Waals surface area contributed by atoms with Gasteiger partial charge in [-0.2, -0.15) is 0 Å². The van der Waals surface area contributed by atoms with E-state index in [0.717, 1.165) is 12.8 Å². The Morgan fingerprint density at radius 2 is 2.03 bits per heavy atom. The summed E-state index contributed by atoms with van der Waals surface area (Å²) in [6.45, 7) is 0.274. The SMILES string of the molecule is C#CCN(Cc1ccco1)C(=O)CC1(c2ccc(OC)cc2)CC(=O)N(C2CC2)C1=O. The minimum absolute atomic E-state index is 0.0367. The largest absolute Gasteiger partial charge is 0.497 e. The molecule has 2 fully saturated rings. The van der Waals surface area contributed by atoms with Gasteiger partial charge in [-0.1, -0.05) is 18.1 Å². The molecule has 0 N–H and O–H groups in total. The van der Waals surface area contributed by atoms with Crippen LogP contribution in [0.15, 0.2) is 47.1 Å². The third kappa shape index (κ3) is 3.93. The number of amides is 3. The van der Waals surface area contributed by atoms with Crippen LogP contribution in [0.4, 0.5) is 0 Å². The summed E-state index contributed by atoms with van der Waals surface area (Å²) in [4.78, 5) is 42.5. The zero-order valence-electron chi connectivity index (χ0n) is 17.4. The van der Waals surface area contributed by atoms with Crippen LogP contribution < -0.4 is 4.74 Å². The summed E-state index contributed by atoms with van der Waals surface area (Å²) in [7, 11) is 1.56. The topological polar surface area (TPSA) is 80.1 Å². The van der Waals surface area contributed by atoms with Gasteiger partial charge in [-0.05, 0) is 42.7 Å². The summed E-state index contributed by atoms with van der Waals surface area (Å²) in [6, 6.07) is 10.4. The van der Waals surface area contributed by atoms with E-state index in [4.69, 9.17) is 15.6 Å². The summed E-state index contributed by atoms with van der Waals surface area (Å²) < 4.78 is 10.6. The summed E-state index contributed by atoms with van der Waals surface area (Å²) in [5.41, 5.74) is -0.624. The van der Waals surface area contributed by atoms with E-state index in [2.05, 4.69) is 5.92 Å². The van der Waals surface area contributed by atoms with Gasteiger partial charge >= 0.3 is 0 Å². The van der Waals surface area contributed by atoms with Crippen molar-refractivity contribution >= 4 is 17.7 Å². The number of furan rings is 1. The third-order valence-corrected chi connectivity index (χ3v) is 5.92. The van der Waals surface area contributed by atoms with E-state index in [9.17, 15) is 14.4 Å². The molecular weight excluding hydrogens is 396 g/mol. The van der Waals surface area contributed by atoms with Gasteiger partial charge in [0.2, 0.25) is 17.7 Å². The number of carbonyl (C=O) groups is 3. The molecule has 31 heavy (non-hydrogen) atoms. The van der Waals surface area contributed by atoms with Crippen molar-refractivity contribution in [1.29, 1.82) is 0 Å². The van der Waals surface area contributed by atoms with Crippen molar-refractivity contribution in [2.75, 3.05) is 13.7 Å². The number of carbonyl (C=O) groups excluding carboxylic acids is 3. The molecule has 3 amide bonds. The molecule has 0 radical (unpaired) electrons. The smallest absolute Gasteiger partial charge is 0.241 e. The molecule has 1 aromatic heterocycles. The molecule has 4 rings (SSSR count). The first-order valence-electron chi connectivity index (χ1n) is 10.2. The standard InChI is InChI=1S/C24H24N2O5/c1-3-12-25(16-20-5-4-13-31-20)21(27)14-24(17-6-10-19(30-2)11-7-17)15-22(28)26(23(24)29)18-8-9-18/h1,4-7,10-11,13,18H,8-9,12,14-16H2,2H3. The van der Waals surface area contributed by atoms with E-state index < -0.39 is 5.41 Å². The number of ether oxygens (including phenoxy) is 1. The molecule has 1 unspecified atom stereocenters. The number of hydrogen-bond donors (Lipinski definition) is 0. The van der Waals surface area contributed by atoms with Crippen LogP contribution in [0.3, 0.4) is 0 Å². The monoisotopic (exact) mass is 420 g/mol. The Labute approximate surface area is 180 Å². The average Bonchev–Trinajstić information content (AvgIpc) is 3.39. The lowest BCUT2D eigenvalue weighted by Crippen LogP contribution is -2.44. The van der Waals surface area contributed by atoms with Gasteiger partial charge < -0.3 is 14.1 Å². The Bertz CT molecular complexity index is 1020. The molecule has 1 saturated heterocycles. The van der Waals surface area contributed by atoms with Crippen molar-refractivity contribution in [3.63, 3.8) is 0 Å². The minimum atomic E-state index is -1.25. The number of benzene rings is 1. The predicted molar refractivity (Wildman–Crippen MR) is 112 cm³/mol. The molecule has 1 aliphatic heterocycles. The predicted octanol–water partition coefficient (Wildman–Crippen LogP) is 2.50. The van der Waals surface area contributed by atoms with E-state index in [0.29, 0.717) is 17.1 Å². The van der Waals surface area contributed by atoms with Crippen molar-refractivity contribution in [1.82, 2.24) is 9.80 Å². The zero-order chi connectivity index (χ0) is 22.0. The minimum Gasteiger partial charge on any atom is -0.497 e. The Balaban J connectivity index is 1.67. The highest BCUT2D eigenvalue weighted by atomic mass is 16.5. The molecule has 2 aliphatic rings. The van der Waals surface area contributed by atoms with Gasteiger partial charge in [-0.15, -0.1) is 6.42 Å². The van der Waals surface area contributed by atoms with Crippen molar-refractivity contribution in [3.8, 4) is 18.1 Å². The van der Waals surface area contributed by atoms with E-state index in [-0.39, 0.29) is 49.7 Å². The molecule has 1 aromatic carbocycles. The Morgan fingerprint density at radius 1 is 1.29 bits per heavy atom. The maximum atomic E-state index is 13.6. The van der Waals surface area contributed by atoms with Crippen LogP contribution in [0.1, 0.15) is 37.0 Å². The number of methoxy groups -OCH3 is 1. The van der Waals surface area contributed by atoms with Gasteiger partial charge in [0.25, 0.3) is 0 Å². The van der Waals surface area contributed by atoms with E-state index in [1.165, 1.54) is 16.1 Å². The fraction of sp³-hybridized carbons (Fsp3) is 0.375. The normalized spacial score (nSPS) is 20.6. The summed E-state index contributed by atoms with van der Waals surface area (Å²) in [5.74, 6) is 2.88. The lowest BCUT2D eigenvalue weighted by molar-refractivity contribution is -0.143. The van der Waals surface area contributed by atoms with Crippen LogP contribution in [-0.4, -0.2) is 47.2 Å². The first-order chi connectivity index (χ1) is 15.0. The van der Waals surface area contributed by atoms with Crippen molar-refractivity contribution in [3.05, 3.63) is 54.0 Å². The molecule has 1 aliphatic carbocycles. The average molecular weight is 420 g/mol. The fourth-order valence-electron chi connectivity index (χ4n) is 4.14. The highest BCUT2D eigenvalue weighted by Crippen LogP contribution is 2.44. The fourth-order valence-corrected chi connectivity index (χ4v) is 4.14. The quantitative estimate of drug-likeness (QED) is 0.484. The van der Waals surface area contributed by atoms with Gasteiger partial charge in [0.05, 0.1) is 31.9 Å². The van der Waals surface area contributed by atoms with Gasteiger partial charge in [-0.25, -0.2) is 0 Å². The first-order valence-corrected chi connectivity index (χ1v) is 10.2. The van der Waals surface area contributed by atoms with Crippen LogP contribution >= 0.6 is 0 Å². The molecule has 160 valence electrons. The molecular formula is C24H24N2O5. The van der Waals surface area contributed by atoms with Crippen LogP contribution in [0.25, 0.3) is 0 Å². The highest BCUT2D eigenvalue weighted by molar-refractivity contribution is 6.11. The summed E-state index contributed by atoms with van der Waals surface area (Å²) in [6.07, 6.45) is 8.45. The maximum absolute atomic E-state index is 13.6. The van der Waals surface area contributed by atoms with Crippen molar-refractivity contribution < 1.29 is 23.5 Å². The second-order valence-corrected chi connectivity index (χ2v) is 8.00. The summed E-state index contributed by atoms with van der Waals surface area (Å²) >= 11 is 0. The van der Waals surface area contributed by atoms with Crippen LogP contribution in [0.2, 0.25) is 0 Å². The number of hydrogen-bond acceptors (Lipinski definition) is 5. The van der Waals surface area contributed by atoms with Crippen molar-refractivity contribution in [2.24, 2.45) is 0 Å². The van der Waals surface area contributed by atoms with Gasteiger partial charge in [0, 0.05) is 18.9 Å². The molecule has 2 aromatic rings. The Hall–Kier alpha value is -3.53. The number of rotatable bonds is 8. The Kier molecular flexibility index (Phi) is 5.55. The van der Waals surface area contributed by atoms with Gasteiger partial charge in [-0.3, -0.25) is 19.3 Å². The highest BCUT2D eigenvalue weighted by Gasteiger charge is 2.57. The molecule has 1 saturated carbocycles.